The summed E-state index contributed by atoms with van der Waals surface area (Å²) in [5.74, 6) is -0.740. The highest BCUT2D eigenvalue weighted by atomic mass is 16.2. The maximum Gasteiger partial charge on any atom is 0.273 e. The van der Waals surface area contributed by atoms with E-state index >= 15 is 0 Å². The summed E-state index contributed by atoms with van der Waals surface area (Å²) < 4.78 is 3.64. The molecule has 0 spiro atoms. The molecule has 4 rings (SSSR count). The third-order valence-corrected chi connectivity index (χ3v) is 4.55. The Bertz CT molecular complexity index is 1210. The zero-order valence-electron chi connectivity index (χ0n) is 15.5. The molecule has 3 N–H and O–H groups in total. The van der Waals surface area contributed by atoms with Gasteiger partial charge in [-0.2, -0.15) is 5.10 Å². The van der Waals surface area contributed by atoms with Crippen molar-refractivity contribution in [3.05, 3.63) is 90.4 Å². The Kier molecular flexibility index (Phi) is 4.94. The molecule has 144 valence electrons. The highest BCUT2D eigenvalue weighted by Crippen LogP contribution is 2.20. The van der Waals surface area contributed by atoms with Gasteiger partial charge in [0.1, 0.15) is 6.54 Å². The number of hydrogen-bond acceptors (Lipinski definition) is 3. The van der Waals surface area contributed by atoms with Gasteiger partial charge in [-0.1, -0.05) is 30.3 Å². The fourth-order valence-corrected chi connectivity index (χ4v) is 3.28. The quantitative estimate of drug-likeness (QED) is 0.394. The van der Waals surface area contributed by atoms with E-state index in [1.165, 1.54) is 0 Å². The fourth-order valence-electron chi connectivity index (χ4n) is 3.28. The standard InChI is InChI=1S/C22H19N5O2/c23-21(28)15-27-14-16(17-7-1-3-9-19(17)27)13-24-25-22(29)18-8-2-4-10-20(18)26-11-5-6-12-26/h1-14H,15H2,(H2,23,28)(H,25,29)/b24-13-. The van der Waals surface area contributed by atoms with Gasteiger partial charge in [-0.25, -0.2) is 5.43 Å². The number of carbonyl (C=O) groups excluding carboxylic acids is 2. The van der Waals surface area contributed by atoms with Gasteiger partial charge in [-0.15, -0.1) is 0 Å². The highest BCUT2D eigenvalue weighted by molar-refractivity contribution is 6.01. The highest BCUT2D eigenvalue weighted by Gasteiger charge is 2.12. The molecule has 0 bridgehead atoms. The van der Waals surface area contributed by atoms with Gasteiger partial charge in [0.05, 0.1) is 17.5 Å². The first-order valence-electron chi connectivity index (χ1n) is 9.05. The molecule has 7 nitrogen and oxygen atoms in total. The van der Waals surface area contributed by atoms with Crippen LogP contribution in [0.4, 0.5) is 0 Å². The SMILES string of the molecule is NC(=O)Cn1cc(/C=N\NC(=O)c2ccccc2-n2cccc2)c2ccccc21. The van der Waals surface area contributed by atoms with E-state index in [1.807, 2.05) is 71.6 Å². The minimum absolute atomic E-state index is 0.0744. The maximum absolute atomic E-state index is 12.7. The summed E-state index contributed by atoms with van der Waals surface area (Å²) in [6.07, 6.45) is 7.11. The number of primary amides is 1. The predicted molar refractivity (Wildman–Crippen MR) is 112 cm³/mol. The van der Waals surface area contributed by atoms with Gasteiger partial charge >= 0.3 is 0 Å². The van der Waals surface area contributed by atoms with Crippen LogP contribution >= 0.6 is 0 Å². The van der Waals surface area contributed by atoms with Crippen molar-refractivity contribution in [1.29, 1.82) is 0 Å². The number of para-hydroxylation sites is 2. The second-order valence-corrected chi connectivity index (χ2v) is 6.50. The first-order chi connectivity index (χ1) is 14.1. The second-order valence-electron chi connectivity index (χ2n) is 6.50. The van der Waals surface area contributed by atoms with Gasteiger partial charge in [0.15, 0.2) is 0 Å². The molecule has 7 heteroatoms. The first-order valence-corrected chi connectivity index (χ1v) is 9.05. The van der Waals surface area contributed by atoms with Crippen LogP contribution in [0.15, 0.2) is 84.4 Å². The molecule has 4 aromatic rings. The summed E-state index contributed by atoms with van der Waals surface area (Å²) in [5.41, 5.74) is 10.8. The van der Waals surface area contributed by atoms with Crippen LogP contribution in [0.2, 0.25) is 0 Å². The van der Waals surface area contributed by atoms with Crippen molar-refractivity contribution in [2.75, 3.05) is 0 Å². The number of carbonyl (C=O) groups is 2. The Hall–Kier alpha value is -4.13. The molecule has 0 aliphatic carbocycles. The average molecular weight is 385 g/mol. The lowest BCUT2D eigenvalue weighted by molar-refractivity contribution is -0.118. The van der Waals surface area contributed by atoms with Crippen molar-refractivity contribution in [2.24, 2.45) is 10.8 Å². The number of amides is 2. The molecule has 2 aromatic heterocycles. The number of aromatic nitrogens is 2. The van der Waals surface area contributed by atoms with E-state index in [4.69, 9.17) is 5.73 Å². The molecule has 2 heterocycles. The van der Waals surface area contributed by atoms with Crippen molar-refractivity contribution >= 4 is 28.9 Å². The van der Waals surface area contributed by atoms with Crippen molar-refractivity contribution in [3.63, 3.8) is 0 Å². The van der Waals surface area contributed by atoms with Crippen LogP contribution in [0.1, 0.15) is 15.9 Å². The third kappa shape index (κ3) is 3.79. The summed E-state index contributed by atoms with van der Waals surface area (Å²) in [6.45, 7) is 0.0744. The van der Waals surface area contributed by atoms with Gasteiger partial charge in [-0.05, 0) is 30.3 Å². The minimum Gasteiger partial charge on any atom is -0.368 e. The van der Waals surface area contributed by atoms with Crippen LogP contribution in [-0.2, 0) is 11.3 Å². The molecule has 0 unspecified atom stereocenters. The topological polar surface area (TPSA) is 94.4 Å². The van der Waals surface area contributed by atoms with Crippen LogP contribution in [0.25, 0.3) is 16.6 Å². The summed E-state index contributed by atoms with van der Waals surface area (Å²) in [7, 11) is 0. The number of nitrogens with zero attached hydrogens (tertiary/aromatic N) is 3. The van der Waals surface area contributed by atoms with Crippen molar-refractivity contribution < 1.29 is 9.59 Å². The Morgan fingerprint density at radius 1 is 1.00 bits per heavy atom. The van der Waals surface area contributed by atoms with Crippen molar-refractivity contribution in [2.45, 2.75) is 6.54 Å². The number of benzene rings is 2. The van der Waals surface area contributed by atoms with Gasteiger partial charge < -0.3 is 14.9 Å². The van der Waals surface area contributed by atoms with Crippen LogP contribution < -0.4 is 11.2 Å². The number of fused-ring (bicyclic) bond motifs is 1. The monoisotopic (exact) mass is 385 g/mol. The van der Waals surface area contributed by atoms with E-state index in [-0.39, 0.29) is 12.5 Å². The number of nitrogens with one attached hydrogen (secondary N) is 1. The van der Waals surface area contributed by atoms with E-state index in [0.717, 1.165) is 22.2 Å². The van der Waals surface area contributed by atoms with Crippen molar-refractivity contribution in [3.8, 4) is 5.69 Å². The van der Waals surface area contributed by atoms with Crippen LogP contribution in [0, 0.1) is 0 Å². The smallest absolute Gasteiger partial charge is 0.273 e. The first kappa shape index (κ1) is 18.2. The number of hydrazone groups is 1. The Balaban J connectivity index is 1.58. The van der Waals surface area contributed by atoms with E-state index < -0.39 is 5.91 Å². The zero-order valence-corrected chi connectivity index (χ0v) is 15.5. The molecule has 0 radical (unpaired) electrons. The molecule has 0 saturated carbocycles. The Morgan fingerprint density at radius 2 is 1.72 bits per heavy atom. The molecule has 0 fully saturated rings. The molecular weight excluding hydrogens is 366 g/mol. The molecular formula is C22H19N5O2. The summed E-state index contributed by atoms with van der Waals surface area (Å²) in [6, 6.07) is 18.7. The molecule has 2 amide bonds. The molecule has 0 atom stereocenters. The number of nitrogens with two attached hydrogens (primary N) is 1. The van der Waals surface area contributed by atoms with Crippen molar-refractivity contribution in [1.82, 2.24) is 14.6 Å². The maximum atomic E-state index is 12.7. The molecule has 2 aromatic carbocycles. The molecule has 0 aliphatic rings. The zero-order chi connectivity index (χ0) is 20.2. The number of rotatable bonds is 6. The van der Waals surface area contributed by atoms with Gasteiger partial charge in [0.25, 0.3) is 5.91 Å². The predicted octanol–water partition coefficient (Wildman–Crippen LogP) is 2.68. The third-order valence-electron chi connectivity index (χ3n) is 4.55. The normalized spacial score (nSPS) is 11.2. The lowest BCUT2D eigenvalue weighted by Gasteiger charge is -2.08. The van der Waals surface area contributed by atoms with Gasteiger partial charge in [0, 0.05) is 35.1 Å². The second kappa shape index (κ2) is 7.85. The molecule has 29 heavy (non-hydrogen) atoms. The average Bonchev–Trinajstić information content (AvgIpc) is 3.37. The lowest BCUT2D eigenvalue weighted by Crippen LogP contribution is -2.19. The van der Waals surface area contributed by atoms with Crippen LogP contribution in [0.5, 0.6) is 0 Å². The lowest BCUT2D eigenvalue weighted by atomic mass is 10.1. The fraction of sp³-hybridized carbons (Fsp3) is 0.0455. The van der Waals surface area contributed by atoms with E-state index in [2.05, 4.69) is 10.5 Å². The molecule has 0 aliphatic heterocycles. The van der Waals surface area contributed by atoms with E-state index in [1.54, 1.807) is 23.0 Å². The van der Waals surface area contributed by atoms with Crippen LogP contribution in [-0.4, -0.2) is 27.2 Å². The largest absolute Gasteiger partial charge is 0.368 e. The summed E-state index contributed by atoms with van der Waals surface area (Å²) in [5, 5.41) is 5.04. The Morgan fingerprint density at radius 3 is 2.52 bits per heavy atom. The summed E-state index contributed by atoms with van der Waals surface area (Å²) in [4.78, 5) is 24.0. The number of hydrogen-bond donors (Lipinski definition) is 2. The van der Waals surface area contributed by atoms with Crippen LogP contribution in [0.3, 0.4) is 0 Å². The molecule has 0 saturated heterocycles. The minimum atomic E-state index is -0.427. The summed E-state index contributed by atoms with van der Waals surface area (Å²) >= 11 is 0. The van der Waals surface area contributed by atoms with E-state index in [9.17, 15) is 9.59 Å². The Labute approximate surface area is 167 Å². The van der Waals surface area contributed by atoms with E-state index in [0.29, 0.717) is 5.56 Å². The van der Waals surface area contributed by atoms with Gasteiger partial charge in [0.2, 0.25) is 5.91 Å². The van der Waals surface area contributed by atoms with Gasteiger partial charge in [-0.3, -0.25) is 9.59 Å².